The summed E-state index contributed by atoms with van der Waals surface area (Å²) in [4.78, 5) is 4.56. The second-order valence-corrected chi connectivity index (χ2v) is 12.0. The number of nitrogens with two attached hydrogens (primary N) is 1. The fourth-order valence-corrected chi connectivity index (χ4v) is 7.01. The maximum Gasteiger partial charge on any atom is 0.136 e. The van der Waals surface area contributed by atoms with Crippen molar-refractivity contribution in [3.63, 3.8) is 0 Å². The largest absolute Gasteiger partial charge is 0.325 e. The fourth-order valence-electron chi connectivity index (χ4n) is 7.01. The standard InChI is InChI=1S/C30H50N4/c1-24-12-7-8-14-26(32-20-18-27-23-33-29-15-9-11-21-34(27)29)16-17-28(24)25-13-6-4-3-5-10-19-30(2,31)22-25/h9,11,15,21,23-26,28,32H,3-8,10,12-14,16-20,22,31H2,1-2H3. The third-order valence-electron chi connectivity index (χ3n) is 9.01. The van der Waals surface area contributed by atoms with Gasteiger partial charge >= 0.3 is 0 Å². The summed E-state index contributed by atoms with van der Waals surface area (Å²) in [5, 5.41) is 3.95. The maximum atomic E-state index is 6.87. The number of hydrogen-bond acceptors (Lipinski definition) is 3. The molecule has 2 aromatic rings. The Balaban J connectivity index is 1.35. The minimum absolute atomic E-state index is 0.0197. The summed E-state index contributed by atoms with van der Waals surface area (Å²) in [6.45, 7) is 5.93. The predicted octanol–water partition coefficient (Wildman–Crippen LogP) is 6.91. The molecule has 3 N–H and O–H groups in total. The molecular weight excluding hydrogens is 416 g/mol. The quantitative estimate of drug-likeness (QED) is 0.503. The van der Waals surface area contributed by atoms with Crippen LogP contribution in [0.25, 0.3) is 5.65 Å². The molecule has 2 aliphatic rings. The molecule has 5 atom stereocenters. The Morgan fingerprint density at radius 1 is 1.00 bits per heavy atom. The monoisotopic (exact) mass is 466 g/mol. The molecule has 0 spiro atoms. The second-order valence-electron chi connectivity index (χ2n) is 12.0. The van der Waals surface area contributed by atoms with Crippen molar-refractivity contribution in [1.82, 2.24) is 14.7 Å². The molecule has 4 rings (SSSR count). The number of fused-ring (bicyclic) bond motifs is 1. The van der Waals surface area contributed by atoms with Gasteiger partial charge in [0, 0.05) is 42.6 Å². The van der Waals surface area contributed by atoms with E-state index in [1.165, 1.54) is 95.6 Å². The van der Waals surface area contributed by atoms with E-state index in [-0.39, 0.29) is 5.54 Å². The van der Waals surface area contributed by atoms with Crippen molar-refractivity contribution >= 4 is 5.65 Å². The van der Waals surface area contributed by atoms with Crippen LogP contribution in [0.4, 0.5) is 0 Å². The first-order chi connectivity index (χ1) is 16.5. The van der Waals surface area contributed by atoms with Gasteiger partial charge in [-0.2, -0.15) is 0 Å². The molecular formula is C30H50N4. The summed E-state index contributed by atoms with van der Waals surface area (Å²) in [5.74, 6) is 2.48. The maximum absolute atomic E-state index is 6.87. The van der Waals surface area contributed by atoms with Crippen molar-refractivity contribution in [2.75, 3.05) is 6.54 Å². The zero-order chi connectivity index (χ0) is 23.8. The highest BCUT2D eigenvalue weighted by molar-refractivity contribution is 5.39. The molecule has 4 nitrogen and oxygen atoms in total. The van der Waals surface area contributed by atoms with E-state index in [0.29, 0.717) is 6.04 Å². The average molecular weight is 467 g/mol. The molecule has 2 heterocycles. The van der Waals surface area contributed by atoms with Gasteiger partial charge in [0.15, 0.2) is 0 Å². The first-order valence-corrected chi connectivity index (χ1v) is 14.4. The Morgan fingerprint density at radius 3 is 2.71 bits per heavy atom. The van der Waals surface area contributed by atoms with E-state index in [0.717, 1.165) is 36.4 Å². The summed E-state index contributed by atoms with van der Waals surface area (Å²) in [7, 11) is 0. The fraction of sp³-hybridized carbons (Fsp3) is 0.767. The topological polar surface area (TPSA) is 55.4 Å². The van der Waals surface area contributed by atoms with Crippen molar-refractivity contribution in [3.8, 4) is 0 Å². The van der Waals surface area contributed by atoms with E-state index < -0.39 is 0 Å². The van der Waals surface area contributed by atoms with Crippen LogP contribution in [0.2, 0.25) is 0 Å². The molecule has 0 aromatic carbocycles. The lowest BCUT2D eigenvalue weighted by Gasteiger charge is -2.38. The van der Waals surface area contributed by atoms with Crippen LogP contribution in [0.5, 0.6) is 0 Å². The van der Waals surface area contributed by atoms with Crippen molar-refractivity contribution < 1.29 is 0 Å². The van der Waals surface area contributed by atoms with E-state index in [1.807, 2.05) is 6.20 Å². The highest BCUT2D eigenvalue weighted by atomic mass is 15.0. The van der Waals surface area contributed by atoms with E-state index in [2.05, 4.69) is 52.9 Å². The third kappa shape index (κ3) is 7.31. The molecule has 34 heavy (non-hydrogen) atoms. The molecule has 0 amide bonds. The summed E-state index contributed by atoms with van der Waals surface area (Å²) in [5.41, 5.74) is 9.25. The molecule has 0 aliphatic heterocycles. The van der Waals surface area contributed by atoms with Gasteiger partial charge in [-0.05, 0) is 68.9 Å². The van der Waals surface area contributed by atoms with E-state index in [9.17, 15) is 0 Å². The molecule has 190 valence electrons. The molecule has 2 saturated carbocycles. The molecule has 0 radical (unpaired) electrons. The smallest absolute Gasteiger partial charge is 0.136 e. The molecule has 2 aliphatic carbocycles. The van der Waals surface area contributed by atoms with Gasteiger partial charge < -0.3 is 15.5 Å². The number of pyridine rings is 1. The molecule has 5 unspecified atom stereocenters. The zero-order valence-corrected chi connectivity index (χ0v) is 22.0. The first-order valence-electron chi connectivity index (χ1n) is 14.4. The van der Waals surface area contributed by atoms with Gasteiger partial charge in [0.1, 0.15) is 5.65 Å². The van der Waals surface area contributed by atoms with Gasteiger partial charge in [-0.1, -0.05) is 70.8 Å². The van der Waals surface area contributed by atoms with Crippen LogP contribution in [-0.2, 0) is 6.42 Å². The number of aromatic nitrogens is 2. The molecule has 2 fully saturated rings. The highest BCUT2D eigenvalue weighted by Gasteiger charge is 2.33. The van der Waals surface area contributed by atoms with Gasteiger partial charge in [0.25, 0.3) is 0 Å². The van der Waals surface area contributed by atoms with E-state index in [4.69, 9.17) is 5.73 Å². The minimum atomic E-state index is 0.0197. The number of rotatable bonds is 5. The highest BCUT2D eigenvalue weighted by Crippen LogP contribution is 2.40. The van der Waals surface area contributed by atoms with Crippen LogP contribution in [-0.4, -0.2) is 27.5 Å². The van der Waals surface area contributed by atoms with Crippen LogP contribution in [0.1, 0.15) is 109 Å². The first kappa shape index (κ1) is 25.7. The van der Waals surface area contributed by atoms with E-state index >= 15 is 0 Å². The van der Waals surface area contributed by atoms with Crippen LogP contribution in [0, 0.1) is 17.8 Å². The number of nitrogens with one attached hydrogen (secondary N) is 1. The Hall–Kier alpha value is -1.39. The van der Waals surface area contributed by atoms with Crippen molar-refractivity contribution in [1.29, 1.82) is 0 Å². The molecule has 4 heteroatoms. The molecule has 0 bridgehead atoms. The number of nitrogens with zero attached hydrogens (tertiary/aromatic N) is 2. The lowest BCUT2D eigenvalue weighted by molar-refractivity contribution is 0.150. The van der Waals surface area contributed by atoms with Crippen LogP contribution in [0.3, 0.4) is 0 Å². The van der Waals surface area contributed by atoms with Crippen LogP contribution < -0.4 is 11.1 Å². The van der Waals surface area contributed by atoms with Gasteiger partial charge in [-0.3, -0.25) is 0 Å². The van der Waals surface area contributed by atoms with Gasteiger partial charge in [-0.15, -0.1) is 0 Å². The Kier molecular flexibility index (Phi) is 9.47. The average Bonchev–Trinajstić information content (AvgIpc) is 3.26. The Labute approximate surface area is 208 Å². The van der Waals surface area contributed by atoms with Crippen LogP contribution in [0.15, 0.2) is 30.6 Å². The number of imidazole rings is 1. The van der Waals surface area contributed by atoms with Crippen molar-refractivity contribution in [2.45, 2.75) is 122 Å². The summed E-state index contributed by atoms with van der Waals surface area (Å²) in [6.07, 6.45) is 24.1. The van der Waals surface area contributed by atoms with Crippen molar-refractivity contribution in [3.05, 3.63) is 36.3 Å². The summed E-state index contributed by atoms with van der Waals surface area (Å²) in [6, 6.07) is 6.89. The van der Waals surface area contributed by atoms with Crippen LogP contribution >= 0.6 is 0 Å². The summed E-state index contributed by atoms with van der Waals surface area (Å²) < 4.78 is 2.23. The van der Waals surface area contributed by atoms with Gasteiger partial charge in [0.05, 0.1) is 0 Å². The Bertz CT molecular complexity index is 856. The van der Waals surface area contributed by atoms with Gasteiger partial charge in [-0.25, -0.2) is 4.98 Å². The predicted molar refractivity (Wildman–Crippen MR) is 144 cm³/mol. The molecule has 2 aromatic heterocycles. The lowest BCUT2D eigenvalue weighted by Crippen LogP contribution is -2.41. The summed E-state index contributed by atoms with van der Waals surface area (Å²) >= 11 is 0. The third-order valence-corrected chi connectivity index (χ3v) is 9.01. The van der Waals surface area contributed by atoms with Gasteiger partial charge in [0.2, 0.25) is 0 Å². The normalized spacial score (nSPS) is 32.6. The lowest BCUT2D eigenvalue weighted by atomic mass is 9.70. The zero-order valence-electron chi connectivity index (χ0n) is 22.0. The van der Waals surface area contributed by atoms with E-state index in [1.54, 1.807) is 0 Å². The Morgan fingerprint density at radius 2 is 1.79 bits per heavy atom. The number of hydrogen-bond donors (Lipinski definition) is 2. The minimum Gasteiger partial charge on any atom is -0.325 e. The SMILES string of the molecule is CC1CCCCC(NCCc2cnc3ccccn23)CCC1C1CCCCCCCC(C)(N)C1. The van der Waals surface area contributed by atoms with Crippen molar-refractivity contribution in [2.24, 2.45) is 23.5 Å². The molecule has 0 saturated heterocycles. The second kappa shape index (κ2) is 12.5.